The van der Waals surface area contributed by atoms with Crippen LogP contribution in [0.25, 0.3) is 11.4 Å². The number of halogens is 1. The SMILES string of the molecule is O=C(Cn1nnc(-c2ccccc2F)n1)NCc1ccccc1. The average Bonchev–Trinajstić information content (AvgIpc) is 3.02. The molecular weight excluding hydrogens is 297 g/mol. The minimum absolute atomic E-state index is 0.0751. The first-order chi connectivity index (χ1) is 11.2. The number of benzene rings is 2. The molecule has 0 aliphatic heterocycles. The molecule has 6 nitrogen and oxygen atoms in total. The summed E-state index contributed by atoms with van der Waals surface area (Å²) < 4.78 is 13.7. The summed E-state index contributed by atoms with van der Waals surface area (Å²) in [5, 5.41) is 14.4. The summed E-state index contributed by atoms with van der Waals surface area (Å²) in [5.41, 5.74) is 1.25. The molecule has 0 saturated heterocycles. The Morgan fingerprint density at radius 1 is 1.09 bits per heavy atom. The fourth-order valence-corrected chi connectivity index (χ4v) is 2.04. The number of hydrogen-bond donors (Lipinski definition) is 1. The predicted molar refractivity (Wildman–Crippen MR) is 81.5 cm³/mol. The van der Waals surface area contributed by atoms with Gasteiger partial charge in [0, 0.05) is 6.54 Å². The summed E-state index contributed by atoms with van der Waals surface area (Å²) in [4.78, 5) is 13.0. The van der Waals surface area contributed by atoms with E-state index in [1.807, 2.05) is 30.3 Å². The van der Waals surface area contributed by atoms with E-state index in [0.29, 0.717) is 6.54 Å². The molecule has 0 bridgehead atoms. The zero-order valence-electron chi connectivity index (χ0n) is 12.2. The maximum atomic E-state index is 13.7. The zero-order valence-corrected chi connectivity index (χ0v) is 12.2. The fraction of sp³-hybridized carbons (Fsp3) is 0.125. The topological polar surface area (TPSA) is 72.7 Å². The molecule has 0 radical (unpaired) electrons. The van der Waals surface area contributed by atoms with Gasteiger partial charge in [0.05, 0.1) is 5.56 Å². The van der Waals surface area contributed by atoms with Crippen LogP contribution in [0.5, 0.6) is 0 Å². The number of rotatable bonds is 5. The van der Waals surface area contributed by atoms with Crippen molar-refractivity contribution >= 4 is 5.91 Å². The Hall–Kier alpha value is -3.09. The van der Waals surface area contributed by atoms with Crippen molar-refractivity contribution in [1.82, 2.24) is 25.5 Å². The number of nitrogens with one attached hydrogen (secondary N) is 1. The predicted octanol–water partition coefficient (Wildman–Crippen LogP) is 1.80. The highest BCUT2D eigenvalue weighted by Crippen LogP contribution is 2.16. The van der Waals surface area contributed by atoms with E-state index in [4.69, 9.17) is 0 Å². The second-order valence-electron chi connectivity index (χ2n) is 4.89. The highest BCUT2D eigenvalue weighted by molar-refractivity contribution is 5.75. The molecule has 7 heteroatoms. The van der Waals surface area contributed by atoms with Crippen LogP contribution in [0.1, 0.15) is 5.56 Å². The monoisotopic (exact) mass is 311 g/mol. The lowest BCUT2D eigenvalue weighted by Gasteiger charge is -2.04. The second-order valence-corrected chi connectivity index (χ2v) is 4.89. The molecule has 1 N–H and O–H groups in total. The third-order valence-electron chi connectivity index (χ3n) is 3.19. The minimum Gasteiger partial charge on any atom is -0.350 e. The van der Waals surface area contributed by atoms with Crippen molar-refractivity contribution in [3.8, 4) is 11.4 Å². The highest BCUT2D eigenvalue weighted by atomic mass is 19.1. The number of carbonyl (C=O) groups is 1. The van der Waals surface area contributed by atoms with Crippen LogP contribution in [0.4, 0.5) is 4.39 Å². The third kappa shape index (κ3) is 3.76. The quantitative estimate of drug-likeness (QED) is 0.780. The van der Waals surface area contributed by atoms with Gasteiger partial charge in [-0.3, -0.25) is 4.79 Å². The van der Waals surface area contributed by atoms with Crippen LogP contribution < -0.4 is 5.32 Å². The van der Waals surface area contributed by atoms with Crippen molar-refractivity contribution in [2.75, 3.05) is 0 Å². The summed E-state index contributed by atoms with van der Waals surface area (Å²) in [6.45, 7) is 0.350. The summed E-state index contributed by atoms with van der Waals surface area (Å²) in [6.07, 6.45) is 0. The van der Waals surface area contributed by atoms with Crippen molar-refractivity contribution in [3.05, 3.63) is 66.0 Å². The van der Waals surface area contributed by atoms with Crippen LogP contribution in [-0.2, 0) is 17.9 Å². The van der Waals surface area contributed by atoms with Gasteiger partial charge in [0.15, 0.2) is 0 Å². The number of amides is 1. The lowest BCUT2D eigenvalue weighted by Crippen LogP contribution is -2.28. The van der Waals surface area contributed by atoms with E-state index in [0.717, 1.165) is 10.4 Å². The Bertz CT molecular complexity index is 803. The zero-order chi connectivity index (χ0) is 16.1. The van der Waals surface area contributed by atoms with Gasteiger partial charge >= 0.3 is 0 Å². The van der Waals surface area contributed by atoms with Gasteiger partial charge in [-0.25, -0.2) is 4.39 Å². The molecule has 1 amide bonds. The first kappa shape index (κ1) is 14.8. The molecular formula is C16H14FN5O. The minimum atomic E-state index is -0.430. The molecule has 0 saturated carbocycles. The first-order valence-electron chi connectivity index (χ1n) is 7.06. The van der Waals surface area contributed by atoms with Crippen molar-refractivity contribution in [2.45, 2.75) is 13.1 Å². The van der Waals surface area contributed by atoms with Crippen molar-refractivity contribution < 1.29 is 9.18 Å². The van der Waals surface area contributed by atoms with E-state index in [1.54, 1.807) is 18.2 Å². The molecule has 0 atom stereocenters. The molecule has 2 aromatic carbocycles. The molecule has 0 aliphatic carbocycles. The molecule has 1 aromatic heterocycles. The molecule has 3 aromatic rings. The second kappa shape index (κ2) is 6.78. The normalized spacial score (nSPS) is 10.5. The number of carbonyl (C=O) groups excluding carboxylic acids is 1. The van der Waals surface area contributed by atoms with Gasteiger partial charge in [0.25, 0.3) is 0 Å². The Morgan fingerprint density at radius 2 is 1.83 bits per heavy atom. The van der Waals surface area contributed by atoms with Gasteiger partial charge in [-0.05, 0) is 22.9 Å². The fourth-order valence-electron chi connectivity index (χ4n) is 2.04. The van der Waals surface area contributed by atoms with Crippen molar-refractivity contribution in [3.63, 3.8) is 0 Å². The van der Waals surface area contributed by atoms with E-state index in [1.165, 1.54) is 6.07 Å². The third-order valence-corrected chi connectivity index (χ3v) is 3.19. The van der Waals surface area contributed by atoms with Crippen LogP contribution in [0.3, 0.4) is 0 Å². The Balaban J connectivity index is 1.61. The summed E-state index contributed by atoms with van der Waals surface area (Å²) in [7, 11) is 0. The Morgan fingerprint density at radius 3 is 2.61 bits per heavy atom. The maximum Gasteiger partial charge on any atom is 0.243 e. The van der Waals surface area contributed by atoms with E-state index >= 15 is 0 Å². The van der Waals surface area contributed by atoms with E-state index in [-0.39, 0.29) is 23.8 Å². The van der Waals surface area contributed by atoms with Crippen LogP contribution in [0.15, 0.2) is 54.6 Å². The number of tetrazole rings is 1. The lowest BCUT2D eigenvalue weighted by molar-refractivity contribution is -0.122. The molecule has 1 heterocycles. The molecule has 116 valence electrons. The van der Waals surface area contributed by atoms with Crippen molar-refractivity contribution in [1.29, 1.82) is 0 Å². The van der Waals surface area contributed by atoms with Gasteiger partial charge in [0.2, 0.25) is 11.7 Å². The van der Waals surface area contributed by atoms with Gasteiger partial charge in [-0.1, -0.05) is 42.5 Å². The Kier molecular flexibility index (Phi) is 4.37. The van der Waals surface area contributed by atoms with Gasteiger partial charge in [-0.15, -0.1) is 10.2 Å². The Labute approximate surface area is 132 Å². The van der Waals surface area contributed by atoms with E-state index < -0.39 is 5.82 Å². The van der Waals surface area contributed by atoms with Crippen LogP contribution >= 0.6 is 0 Å². The van der Waals surface area contributed by atoms with Gasteiger partial charge in [0.1, 0.15) is 12.4 Å². The lowest BCUT2D eigenvalue weighted by atomic mass is 10.2. The highest BCUT2D eigenvalue weighted by Gasteiger charge is 2.12. The van der Waals surface area contributed by atoms with Crippen LogP contribution in [-0.4, -0.2) is 26.1 Å². The van der Waals surface area contributed by atoms with Gasteiger partial charge < -0.3 is 5.32 Å². The summed E-state index contributed by atoms with van der Waals surface area (Å²) in [6, 6.07) is 15.7. The number of nitrogens with zero attached hydrogens (tertiary/aromatic N) is 4. The standard InChI is InChI=1S/C16H14FN5O/c17-14-9-5-4-8-13(14)16-19-21-22(20-16)11-15(23)18-10-12-6-2-1-3-7-12/h1-9H,10-11H2,(H,18,23). The molecule has 0 fully saturated rings. The number of aromatic nitrogens is 4. The molecule has 0 spiro atoms. The number of hydrogen-bond acceptors (Lipinski definition) is 4. The molecule has 3 rings (SSSR count). The van der Waals surface area contributed by atoms with Gasteiger partial charge in [-0.2, -0.15) is 4.80 Å². The maximum absolute atomic E-state index is 13.7. The van der Waals surface area contributed by atoms with E-state index in [9.17, 15) is 9.18 Å². The van der Waals surface area contributed by atoms with Crippen molar-refractivity contribution in [2.24, 2.45) is 0 Å². The smallest absolute Gasteiger partial charge is 0.243 e. The van der Waals surface area contributed by atoms with Crippen LogP contribution in [0, 0.1) is 5.82 Å². The average molecular weight is 311 g/mol. The summed E-state index contributed by atoms with van der Waals surface area (Å²) in [5.74, 6) is -0.522. The van der Waals surface area contributed by atoms with E-state index in [2.05, 4.69) is 20.7 Å². The van der Waals surface area contributed by atoms with Crippen LogP contribution in [0.2, 0.25) is 0 Å². The first-order valence-corrected chi connectivity index (χ1v) is 7.06. The molecule has 0 aliphatic rings. The summed E-state index contributed by atoms with van der Waals surface area (Å²) >= 11 is 0. The molecule has 0 unspecified atom stereocenters. The molecule has 23 heavy (non-hydrogen) atoms. The largest absolute Gasteiger partial charge is 0.350 e.